The molecule has 0 spiro atoms. The lowest BCUT2D eigenvalue weighted by Gasteiger charge is -2.09. The Morgan fingerprint density at radius 2 is 2.00 bits per heavy atom. The number of alkyl halides is 3. The van der Waals surface area contributed by atoms with E-state index in [1.54, 1.807) is 0 Å². The summed E-state index contributed by atoms with van der Waals surface area (Å²) in [6.07, 6.45) is -3.61. The van der Waals surface area contributed by atoms with Gasteiger partial charge in [0.2, 0.25) is 0 Å². The third-order valence-electron chi connectivity index (χ3n) is 1.73. The fourth-order valence-electron chi connectivity index (χ4n) is 1.02. The Morgan fingerprint density at radius 1 is 1.27 bits per heavy atom. The zero-order valence-electron chi connectivity index (χ0n) is 7.92. The van der Waals surface area contributed by atoms with Gasteiger partial charge in [0.25, 0.3) is 0 Å². The number of hydrogen-bond acceptors (Lipinski definition) is 2. The van der Waals surface area contributed by atoms with Gasteiger partial charge in [-0.25, -0.2) is 0 Å². The first-order chi connectivity index (χ1) is 7.04. The van der Waals surface area contributed by atoms with Gasteiger partial charge in [0.15, 0.2) is 0 Å². The van der Waals surface area contributed by atoms with Gasteiger partial charge in [-0.05, 0) is 30.4 Å². The number of rotatable bonds is 4. The van der Waals surface area contributed by atoms with Crippen molar-refractivity contribution < 1.29 is 17.9 Å². The number of thiol groups is 1. The molecular formula is C10H11F3OS. The minimum Gasteiger partial charge on any atom is -0.494 e. The van der Waals surface area contributed by atoms with Crippen molar-refractivity contribution in [1.82, 2.24) is 0 Å². The van der Waals surface area contributed by atoms with E-state index in [0.717, 1.165) is 12.1 Å². The van der Waals surface area contributed by atoms with Crippen molar-refractivity contribution in [2.24, 2.45) is 0 Å². The molecule has 0 bridgehead atoms. The molecule has 0 amide bonds. The maximum Gasteiger partial charge on any atom is 0.416 e. The van der Waals surface area contributed by atoms with Gasteiger partial charge in [0.05, 0.1) is 12.2 Å². The second-order valence-corrected chi connectivity index (χ2v) is 3.40. The first kappa shape index (κ1) is 12.2. The third-order valence-corrected chi connectivity index (χ3v) is 2.05. The van der Waals surface area contributed by atoms with Gasteiger partial charge in [0, 0.05) is 0 Å². The molecule has 0 radical (unpaired) electrons. The second-order valence-electron chi connectivity index (χ2n) is 2.95. The molecule has 0 aliphatic heterocycles. The van der Waals surface area contributed by atoms with Crippen LogP contribution >= 0.6 is 12.6 Å². The first-order valence-corrected chi connectivity index (χ1v) is 5.08. The molecule has 5 heteroatoms. The highest BCUT2D eigenvalue weighted by Gasteiger charge is 2.30. The fraction of sp³-hybridized carbons (Fsp3) is 0.400. The largest absolute Gasteiger partial charge is 0.494 e. The summed E-state index contributed by atoms with van der Waals surface area (Å²) in [6, 6.07) is 4.86. The monoisotopic (exact) mass is 236 g/mol. The van der Waals surface area contributed by atoms with Gasteiger partial charge >= 0.3 is 6.18 Å². The highest BCUT2D eigenvalue weighted by atomic mass is 32.1. The highest BCUT2D eigenvalue weighted by molar-refractivity contribution is 7.80. The summed E-state index contributed by atoms with van der Waals surface area (Å²) in [6.45, 7) is 0.380. The fourth-order valence-corrected chi connectivity index (χ4v) is 1.15. The van der Waals surface area contributed by atoms with Crippen molar-refractivity contribution >= 4 is 12.6 Å². The average molecular weight is 236 g/mol. The van der Waals surface area contributed by atoms with Crippen LogP contribution in [0.3, 0.4) is 0 Å². The topological polar surface area (TPSA) is 9.23 Å². The van der Waals surface area contributed by atoms with Crippen LogP contribution in [0, 0.1) is 0 Å². The van der Waals surface area contributed by atoms with Crippen LogP contribution in [-0.4, -0.2) is 12.4 Å². The summed E-state index contributed by atoms with van der Waals surface area (Å²) in [5, 5.41) is 0. The maximum absolute atomic E-state index is 12.3. The smallest absolute Gasteiger partial charge is 0.416 e. The Kier molecular flexibility index (Phi) is 4.32. The van der Waals surface area contributed by atoms with Crippen molar-refractivity contribution in [2.45, 2.75) is 12.6 Å². The number of ether oxygens (including phenoxy) is 1. The summed E-state index contributed by atoms with van der Waals surface area (Å²) >= 11 is 3.97. The van der Waals surface area contributed by atoms with Crippen LogP contribution in [0.5, 0.6) is 5.75 Å². The minimum absolute atomic E-state index is 0.242. The van der Waals surface area contributed by atoms with Gasteiger partial charge in [0.1, 0.15) is 5.75 Å². The van der Waals surface area contributed by atoms with E-state index in [9.17, 15) is 13.2 Å². The van der Waals surface area contributed by atoms with E-state index < -0.39 is 11.7 Å². The van der Waals surface area contributed by atoms with E-state index in [2.05, 4.69) is 12.6 Å². The lowest BCUT2D eigenvalue weighted by Crippen LogP contribution is -2.05. The molecule has 1 aromatic carbocycles. The third kappa shape index (κ3) is 4.03. The standard InChI is InChI=1S/C10H11F3OS/c11-10(12,13)8-3-1-4-9(7-8)14-5-2-6-15/h1,3-4,7,15H,2,5-6H2. The zero-order chi connectivity index (χ0) is 11.3. The van der Waals surface area contributed by atoms with E-state index in [0.29, 0.717) is 18.8 Å². The van der Waals surface area contributed by atoms with Crippen LogP contribution in [-0.2, 0) is 6.18 Å². The van der Waals surface area contributed by atoms with Crippen LogP contribution in [0.4, 0.5) is 13.2 Å². The SMILES string of the molecule is FC(F)(F)c1cccc(OCCCS)c1. The van der Waals surface area contributed by atoms with Gasteiger partial charge in [-0.3, -0.25) is 0 Å². The van der Waals surface area contributed by atoms with E-state index in [-0.39, 0.29) is 5.75 Å². The van der Waals surface area contributed by atoms with Crippen LogP contribution in [0.25, 0.3) is 0 Å². The van der Waals surface area contributed by atoms with Crippen LogP contribution in [0.1, 0.15) is 12.0 Å². The molecule has 0 aromatic heterocycles. The van der Waals surface area contributed by atoms with E-state index in [4.69, 9.17) is 4.74 Å². The van der Waals surface area contributed by atoms with Crippen molar-refractivity contribution in [2.75, 3.05) is 12.4 Å². The lowest BCUT2D eigenvalue weighted by atomic mass is 10.2. The molecule has 0 aliphatic rings. The quantitative estimate of drug-likeness (QED) is 0.622. The average Bonchev–Trinajstić information content (AvgIpc) is 2.17. The molecule has 0 unspecified atom stereocenters. The van der Waals surface area contributed by atoms with Crippen molar-refractivity contribution in [3.63, 3.8) is 0 Å². The second kappa shape index (κ2) is 5.30. The highest BCUT2D eigenvalue weighted by Crippen LogP contribution is 2.31. The summed E-state index contributed by atoms with van der Waals surface area (Å²) in [5.74, 6) is 0.894. The van der Waals surface area contributed by atoms with Gasteiger partial charge in [-0.2, -0.15) is 25.8 Å². The normalized spacial score (nSPS) is 11.5. The molecule has 15 heavy (non-hydrogen) atoms. The van der Waals surface area contributed by atoms with E-state index in [1.165, 1.54) is 12.1 Å². The molecule has 84 valence electrons. The Morgan fingerprint density at radius 3 is 2.60 bits per heavy atom. The molecule has 0 N–H and O–H groups in total. The number of halogens is 3. The molecule has 0 fully saturated rings. The molecule has 0 atom stereocenters. The Balaban J connectivity index is 2.66. The molecule has 0 saturated heterocycles. The molecule has 0 saturated carbocycles. The number of hydrogen-bond donors (Lipinski definition) is 1. The Hall–Kier alpha value is -0.840. The molecule has 1 rings (SSSR count). The Labute approximate surface area is 91.7 Å². The van der Waals surface area contributed by atoms with Gasteiger partial charge in [-0.15, -0.1) is 0 Å². The summed E-state index contributed by atoms with van der Waals surface area (Å²) < 4.78 is 42.0. The van der Waals surface area contributed by atoms with Crippen molar-refractivity contribution in [3.05, 3.63) is 29.8 Å². The van der Waals surface area contributed by atoms with Crippen LogP contribution in [0.2, 0.25) is 0 Å². The van der Waals surface area contributed by atoms with E-state index >= 15 is 0 Å². The summed E-state index contributed by atoms with van der Waals surface area (Å²) in [5.41, 5.74) is -0.689. The predicted molar refractivity (Wildman–Crippen MR) is 55.4 cm³/mol. The van der Waals surface area contributed by atoms with Crippen LogP contribution in [0.15, 0.2) is 24.3 Å². The zero-order valence-corrected chi connectivity index (χ0v) is 8.81. The van der Waals surface area contributed by atoms with E-state index in [1.807, 2.05) is 0 Å². The lowest BCUT2D eigenvalue weighted by molar-refractivity contribution is -0.137. The van der Waals surface area contributed by atoms with Gasteiger partial charge in [-0.1, -0.05) is 6.07 Å². The van der Waals surface area contributed by atoms with Crippen molar-refractivity contribution in [3.8, 4) is 5.75 Å². The summed E-state index contributed by atoms with van der Waals surface area (Å²) in [4.78, 5) is 0. The van der Waals surface area contributed by atoms with Crippen molar-refractivity contribution in [1.29, 1.82) is 0 Å². The summed E-state index contributed by atoms with van der Waals surface area (Å²) in [7, 11) is 0. The molecular weight excluding hydrogens is 225 g/mol. The first-order valence-electron chi connectivity index (χ1n) is 4.45. The molecule has 1 nitrogen and oxygen atoms in total. The number of benzene rings is 1. The van der Waals surface area contributed by atoms with Crippen LogP contribution < -0.4 is 4.74 Å². The maximum atomic E-state index is 12.3. The molecule has 0 heterocycles. The molecule has 1 aromatic rings. The Bertz CT molecular complexity index is 312. The van der Waals surface area contributed by atoms with Gasteiger partial charge < -0.3 is 4.74 Å². The minimum atomic E-state index is -4.32. The molecule has 0 aliphatic carbocycles. The predicted octanol–water partition coefficient (Wildman–Crippen LogP) is 3.40.